The Morgan fingerprint density at radius 2 is 2.00 bits per heavy atom. The van der Waals surface area contributed by atoms with Gasteiger partial charge in [-0.05, 0) is 31.9 Å². The first kappa shape index (κ1) is 15.3. The first-order valence-corrected chi connectivity index (χ1v) is 6.83. The van der Waals surface area contributed by atoms with Crippen molar-refractivity contribution in [2.75, 3.05) is 0 Å². The molecule has 1 N–H and O–H groups in total. The molecular formula is C15H22N2O2. The summed E-state index contributed by atoms with van der Waals surface area (Å²) in [6, 6.07) is 5.91. The van der Waals surface area contributed by atoms with Gasteiger partial charge < -0.3 is 9.73 Å². The Bertz CT molecular complexity index is 451. The normalized spacial score (nSPS) is 11.1. The smallest absolute Gasteiger partial charge is 0.240 e. The second kappa shape index (κ2) is 6.98. The van der Waals surface area contributed by atoms with Crippen LogP contribution in [0.2, 0.25) is 0 Å². The summed E-state index contributed by atoms with van der Waals surface area (Å²) in [5, 5.41) is 12.2. The van der Waals surface area contributed by atoms with Crippen molar-refractivity contribution in [1.82, 2.24) is 5.32 Å². The van der Waals surface area contributed by atoms with Crippen LogP contribution in [0.4, 0.5) is 0 Å². The molecule has 0 bridgehead atoms. The van der Waals surface area contributed by atoms with Gasteiger partial charge in [-0.15, -0.1) is 0 Å². The Labute approximate surface area is 114 Å². The Kier molecular flexibility index (Phi) is 5.62. The van der Waals surface area contributed by atoms with Crippen molar-refractivity contribution >= 4 is 5.91 Å². The number of aryl methyl sites for hydroxylation is 1. The van der Waals surface area contributed by atoms with Gasteiger partial charge in [0.2, 0.25) is 5.91 Å². The largest absolute Gasteiger partial charge is 0.465 e. The van der Waals surface area contributed by atoms with E-state index in [4.69, 9.17) is 4.42 Å². The molecule has 0 aliphatic rings. The van der Waals surface area contributed by atoms with Crippen LogP contribution in [-0.2, 0) is 11.3 Å². The van der Waals surface area contributed by atoms with E-state index in [9.17, 15) is 10.1 Å². The van der Waals surface area contributed by atoms with E-state index in [-0.39, 0.29) is 5.91 Å². The summed E-state index contributed by atoms with van der Waals surface area (Å²) >= 11 is 0. The molecule has 1 aromatic rings. The molecule has 4 heteroatoms. The number of carbonyl (C=O) groups is 1. The topological polar surface area (TPSA) is 66.0 Å². The monoisotopic (exact) mass is 262 g/mol. The minimum atomic E-state index is -0.898. The zero-order valence-electron chi connectivity index (χ0n) is 12.0. The van der Waals surface area contributed by atoms with Crippen LogP contribution >= 0.6 is 0 Å². The molecular weight excluding hydrogens is 240 g/mol. The van der Waals surface area contributed by atoms with Gasteiger partial charge in [0.25, 0.3) is 0 Å². The van der Waals surface area contributed by atoms with E-state index in [2.05, 4.69) is 11.4 Å². The molecule has 104 valence electrons. The Morgan fingerprint density at radius 3 is 2.42 bits per heavy atom. The van der Waals surface area contributed by atoms with Crippen molar-refractivity contribution in [3.05, 3.63) is 23.7 Å². The highest BCUT2D eigenvalue weighted by Gasteiger charge is 2.36. The van der Waals surface area contributed by atoms with Crippen LogP contribution in [0, 0.1) is 23.7 Å². The highest BCUT2D eigenvalue weighted by atomic mass is 16.3. The van der Waals surface area contributed by atoms with Crippen LogP contribution in [-0.4, -0.2) is 5.91 Å². The summed E-state index contributed by atoms with van der Waals surface area (Å²) in [5.41, 5.74) is -0.898. The van der Waals surface area contributed by atoms with Crippen LogP contribution in [0.1, 0.15) is 51.1 Å². The number of carbonyl (C=O) groups excluding carboxylic acids is 1. The zero-order chi connectivity index (χ0) is 14.3. The molecule has 1 amide bonds. The zero-order valence-corrected chi connectivity index (χ0v) is 12.0. The SMILES string of the molecule is CCCC(C#N)(CCC)C(=O)NCc1ccc(C)o1. The summed E-state index contributed by atoms with van der Waals surface area (Å²) in [4.78, 5) is 12.3. The number of nitriles is 1. The maximum absolute atomic E-state index is 12.3. The van der Waals surface area contributed by atoms with E-state index in [1.807, 2.05) is 32.9 Å². The van der Waals surface area contributed by atoms with E-state index in [0.29, 0.717) is 25.1 Å². The van der Waals surface area contributed by atoms with E-state index in [1.165, 1.54) is 0 Å². The lowest BCUT2D eigenvalue weighted by atomic mass is 9.80. The van der Waals surface area contributed by atoms with E-state index >= 15 is 0 Å². The number of amides is 1. The summed E-state index contributed by atoms with van der Waals surface area (Å²) in [6.45, 7) is 6.18. The summed E-state index contributed by atoms with van der Waals surface area (Å²) in [7, 11) is 0. The van der Waals surface area contributed by atoms with E-state index < -0.39 is 5.41 Å². The van der Waals surface area contributed by atoms with Crippen molar-refractivity contribution in [2.45, 2.75) is 53.0 Å². The Hall–Kier alpha value is -1.76. The van der Waals surface area contributed by atoms with Gasteiger partial charge in [-0.25, -0.2) is 0 Å². The molecule has 0 unspecified atom stereocenters. The van der Waals surface area contributed by atoms with Gasteiger partial charge in [0, 0.05) is 0 Å². The molecule has 0 saturated heterocycles. The van der Waals surface area contributed by atoms with Crippen molar-refractivity contribution < 1.29 is 9.21 Å². The lowest BCUT2D eigenvalue weighted by molar-refractivity contribution is -0.129. The lowest BCUT2D eigenvalue weighted by Crippen LogP contribution is -2.39. The van der Waals surface area contributed by atoms with E-state index in [1.54, 1.807) is 0 Å². The predicted octanol–water partition coefficient (Wildman–Crippen LogP) is 3.31. The maximum atomic E-state index is 12.3. The van der Waals surface area contributed by atoms with Crippen LogP contribution in [0.5, 0.6) is 0 Å². The van der Waals surface area contributed by atoms with Crippen molar-refractivity contribution in [1.29, 1.82) is 5.26 Å². The number of hydrogen-bond acceptors (Lipinski definition) is 3. The molecule has 0 aromatic carbocycles. The van der Waals surface area contributed by atoms with Crippen molar-refractivity contribution in [2.24, 2.45) is 5.41 Å². The Balaban J connectivity index is 2.69. The van der Waals surface area contributed by atoms with Crippen LogP contribution < -0.4 is 5.32 Å². The summed E-state index contributed by atoms with van der Waals surface area (Å²) < 4.78 is 5.40. The minimum absolute atomic E-state index is 0.187. The van der Waals surface area contributed by atoms with Gasteiger partial charge in [-0.3, -0.25) is 4.79 Å². The summed E-state index contributed by atoms with van der Waals surface area (Å²) in [5.74, 6) is 1.34. The molecule has 0 spiro atoms. The third-order valence-corrected chi connectivity index (χ3v) is 3.22. The molecule has 0 atom stereocenters. The number of furan rings is 1. The fraction of sp³-hybridized carbons (Fsp3) is 0.600. The number of rotatable bonds is 7. The number of nitrogens with zero attached hydrogens (tertiary/aromatic N) is 1. The van der Waals surface area contributed by atoms with Crippen molar-refractivity contribution in [3.63, 3.8) is 0 Å². The quantitative estimate of drug-likeness (QED) is 0.819. The second-order valence-electron chi connectivity index (χ2n) is 4.89. The highest BCUT2D eigenvalue weighted by Crippen LogP contribution is 2.29. The average molecular weight is 262 g/mol. The number of hydrogen-bond donors (Lipinski definition) is 1. The summed E-state index contributed by atoms with van der Waals surface area (Å²) in [6.07, 6.45) is 2.84. The van der Waals surface area contributed by atoms with Crippen LogP contribution in [0.3, 0.4) is 0 Å². The van der Waals surface area contributed by atoms with E-state index in [0.717, 1.165) is 18.6 Å². The fourth-order valence-corrected chi connectivity index (χ4v) is 2.28. The molecule has 0 radical (unpaired) electrons. The first-order valence-electron chi connectivity index (χ1n) is 6.83. The third-order valence-electron chi connectivity index (χ3n) is 3.22. The minimum Gasteiger partial charge on any atom is -0.465 e. The molecule has 1 aromatic heterocycles. The number of nitrogens with one attached hydrogen (secondary N) is 1. The molecule has 1 rings (SSSR count). The second-order valence-corrected chi connectivity index (χ2v) is 4.89. The molecule has 0 aliphatic heterocycles. The van der Waals surface area contributed by atoms with Gasteiger partial charge in [-0.1, -0.05) is 26.7 Å². The fourth-order valence-electron chi connectivity index (χ4n) is 2.28. The van der Waals surface area contributed by atoms with Gasteiger partial charge >= 0.3 is 0 Å². The van der Waals surface area contributed by atoms with Crippen LogP contribution in [0.15, 0.2) is 16.5 Å². The predicted molar refractivity (Wildman–Crippen MR) is 73.2 cm³/mol. The van der Waals surface area contributed by atoms with Gasteiger partial charge in [0.15, 0.2) is 0 Å². The standard InChI is InChI=1S/C15H22N2O2/c1-4-8-15(11-16,9-5-2)14(18)17-10-13-7-6-12(3)19-13/h6-7H,4-5,8-10H2,1-3H3,(H,17,18). The van der Waals surface area contributed by atoms with Gasteiger partial charge in [0.05, 0.1) is 12.6 Å². The van der Waals surface area contributed by atoms with Crippen molar-refractivity contribution in [3.8, 4) is 6.07 Å². The van der Waals surface area contributed by atoms with Gasteiger partial charge in [-0.2, -0.15) is 5.26 Å². The highest BCUT2D eigenvalue weighted by molar-refractivity contribution is 5.85. The first-order chi connectivity index (χ1) is 9.07. The molecule has 19 heavy (non-hydrogen) atoms. The lowest BCUT2D eigenvalue weighted by Gasteiger charge is -2.24. The Morgan fingerprint density at radius 1 is 1.37 bits per heavy atom. The maximum Gasteiger partial charge on any atom is 0.240 e. The van der Waals surface area contributed by atoms with Gasteiger partial charge in [0.1, 0.15) is 16.9 Å². The molecule has 4 nitrogen and oxygen atoms in total. The third kappa shape index (κ3) is 3.85. The van der Waals surface area contributed by atoms with Crippen LogP contribution in [0.25, 0.3) is 0 Å². The molecule has 0 fully saturated rings. The average Bonchev–Trinajstić information content (AvgIpc) is 2.81. The molecule has 1 heterocycles. The molecule has 0 aliphatic carbocycles. The molecule has 0 saturated carbocycles.